The summed E-state index contributed by atoms with van der Waals surface area (Å²) in [5, 5.41) is 10.9. The van der Waals surface area contributed by atoms with Gasteiger partial charge < -0.3 is 4.74 Å². The lowest BCUT2D eigenvalue weighted by Gasteiger charge is -2.26. The molecule has 0 aromatic rings. The van der Waals surface area contributed by atoms with Gasteiger partial charge in [-0.1, -0.05) is 12.8 Å². The number of nitrogens with zero attached hydrogens (tertiary/aromatic N) is 1. The summed E-state index contributed by atoms with van der Waals surface area (Å²) < 4.78 is 5.26. The number of ether oxygens (including phenoxy) is 1. The minimum atomic E-state index is -0.817. The minimum absolute atomic E-state index is 0.0486. The van der Waals surface area contributed by atoms with Crippen LogP contribution < -0.4 is 0 Å². The number of hydrogen-bond acceptors (Lipinski definition) is 4. The van der Waals surface area contributed by atoms with Gasteiger partial charge in [-0.3, -0.25) is 14.9 Å². The Morgan fingerprint density at radius 1 is 1.27 bits per heavy atom. The smallest absolute Gasteiger partial charge is 0.313 e. The van der Waals surface area contributed by atoms with Crippen molar-refractivity contribution in [1.29, 1.82) is 0 Å². The zero-order chi connectivity index (χ0) is 10.9. The number of carbonyl (C=O) groups excluding carboxylic acids is 1. The molecule has 2 fully saturated rings. The van der Waals surface area contributed by atoms with E-state index in [9.17, 15) is 14.9 Å². The van der Waals surface area contributed by atoms with Gasteiger partial charge in [0.05, 0.1) is 0 Å². The van der Waals surface area contributed by atoms with Crippen LogP contribution in [-0.2, 0) is 9.53 Å². The van der Waals surface area contributed by atoms with Crippen molar-refractivity contribution in [3.05, 3.63) is 10.1 Å². The van der Waals surface area contributed by atoms with E-state index < -0.39 is 17.6 Å². The fourth-order valence-corrected chi connectivity index (χ4v) is 2.71. The summed E-state index contributed by atoms with van der Waals surface area (Å²) in [6, 6.07) is -0.817. The average Bonchev–Trinajstić information content (AvgIpc) is 2.34. The molecule has 0 radical (unpaired) electrons. The van der Waals surface area contributed by atoms with Crippen LogP contribution in [0.5, 0.6) is 0 Å². The van der Waals surface area contributed by atoms with E-state index in [-0.39, 0.29) is 11.3 Å². The van der Waals surface area contributed by atoms with Crippen molar-refractivity contribution >= 4 is 5.97 Å². The second-order valence-corrected chi connectivity index (χ2v) is 4.46. The van der Waals surface area contributed by atoms with Crippen LogP contribution in [0.25, 0.3) is 0 Å². The van der Waals surface area contributed by atoms with E-state index in [1.54, 1.807) is 0 Å². The van der Waals surface area contributed by atoms with Gasteiger partial charge in [-0.25, -0.2) is 0 Å². The first-order valence-electron chi connectivity index (χ1n) is 5.49. The molecule has 0 N–H and O–H groups in total. The van der Waals surface area contributed by atoms with Crippen LogP contribution in [0.1, 0.15) is 44.9 Å². The molecule has 1 unspecified atom stereocenters. The predicted octanol–water partition coefficient (Wildman–Crippen LogP) is 1.67. The van der Waals surface area contributed by atoms with Gasteiger partial charge >= 0.3 is 5.97 Å². The Hall–Kier alpha value is -1.13. The van der Waals surface area contributed by atoms with Crippen LogP contribution in [0.3, 0.4) is 0 Å². The van der Waals surface area contributed by atoms with Crippen LogP contribution in [0.4, 0.5) is 0 Å². The Morgan fingerprint density at radius 3 is 2.40 bits per heavy atom. The van der Waals surface area contributed by atoms with Gasteiger partial charge in [0, 0.05) is 4.92 Å². The molecular weight excluding hydrogens is 198 g/mol. The Kier molecular flexibility index (Phi) is 2.63. The maximum Gasteiger partial charge on any atom is 0.313 e. The number of esters is 1. The van der Waals surface area contributed by atoms with Crippen molar-refractivity contribution in [2.45, 2.75) is 56.6 Å². The predicted molar refractivity (Wildman–Crippen MR) is 51.9 cm³/mol. The maximum atomic E-state index is 11.2. The lowest BCUT2D eigenvalue weighted by Crippen LogP contribution is -2.43. The molecule has 5 nitrogen and oxygen atoms in total. The Morgan fingerprint density at radius 2 is 1.87 bits per heavy atom. The molecule has 2 rings (SSSR count). The van der Waals surface area contributed by atoms with Gasteiger partial charge in [0.15, 0.2) is 5.60 Å². The Labute approximate surface area is 87.9 Å². The normalized spacial score (nSPS) is 29.9. The first-order valence-corrected chi connectivity index (χ1v) is 5.49. The van der Waals surface area contributed by atoms with Crippen LogP contribution in [-0.4, -0.2) is 22.5 Å². The molecule has 0 aromatic heterocycles. The molecule has 0 amide bonds. The van der Waals surface area contributed by atoms with Crippen LogP contribution in [0, 0.1) is 10.1 Å². The van der Waals surface area contributed by atoms with Gasteiger partial charge in [-0.15, -0.1) is 0 Å². The first-order chi connectivity index (χ1) is 7.14. The Bertz CT molecular complexity index is 281. The average molecular weight is 213 g/mol. The van der Waals surface area contributed by atoms with E-state index in [1.165, 1.54) is 0 Å². The van der Waals surface area contributed by atoms with E-state index in [0.717, 1.165) is 25.7 Å². The zero-order valence-corrected chi connectivity index (χ0v) is 8.61. The number of carbonyl (C=O) groups is 1. The fraction of sp³-hybridized carbons (Fsp3) is 0.900. The molecule has 1 saturated heterocycles. The number of rotatable bonds is 1. The van der Waals surface area contributed by atoms with Crippen molar-refractivity contribution in [2.75, 3.05) is 0 Å². The SMILES string of the molecule is O=C1CC([N+](=O)[O-])C2(CCCCCC2)O1. The first kappa shape index (κ1) is 10.4. The van der Waals surface area contributed by atoms with Crippen molar-refractivity contribution in [3.8, 4) is 0 Å². The van der Waals surface area contributed by atoms with E-state index in [4.69, 9.17) is 4.74 Å². The third-order valence-corrected chi connectivity index (χ3v) is 3.49. The summed E-state index contributed by atoms with van der Waals surface area (Å²) in [5.41, 5.74) is -0.781. The molecule has 0 bridgehead atoms. The monoisotopic (exact) mass is 213 g/mol. The minimum Gasteiger partial charge on any atom is -0.451 e. The highest BCUT2D eigenvalue weighted by atomic mass is 16.6. The summed E-state index contributed by atoms with van der Waals surface area (Å²) in [4.78, 5) is 21.8. The van der Waals surface area contributed by atoms with E-state index in [1.807, 2.05) is 0 Å². The largest absolute Gasteiger partial charge is 0.451 e. The van der Waals surface area contributed by atoms with E-state index in [2.05, 4.69) is 0 Å². The number of hydrogen-bond donors (Lipinski definition) is 0. The molecule has 1 heterocycles. The van der Waals surface area contributed by atoms with Crippen molar-refractivity contribution in [1.82, 2.24) is 0 Å². The highest BCUT2D eigenvalue weighted by Gasteiger charge is 2.56. The summed E-state index contributed by atoms with van der Waals surface area (Å²) in [5.74, 6) is -0.404. The second-order valence-electron chi connectivity index (χ2n) is 4.46. The van der Waals surface area contributed by atoms with Crippen LogP contribution in [0.15, 0.2) is 0 Å². The standard InChI is InChI=1S/C10H15NO4/c12-9-7-8(11(13)14)10(15-9)5-3-1-2-4-6-10/h8H,1-7H2. The molecule has 84 valence electrons. The third-order valence-electron chi connectivity index (χ3n) is 3.49. The molecular formula is C10H15NO4. The third kappa shape index (κ3) is 1.82. The van der Waals surface area contributed by atoms with E-state index >= 15 is 0 Å². The molecule has 1 aliphatic heterocycles. The molecule has 1 spiro atoms. The second kappa shape index (κ2) is 3.79. The molecule has 1 atom stereocenters. The summed E-state index contributed by atoms with van der Waals surface area (Å²) in [7, 11) is 0. The van der Waals surface area contributed by atoms with Gasteiger partial charge in [0.25, 0.3) is 6.04 Å². The van der Waals surface area contributed by atoms with Gasteiger partial charge in [-0.2, -0.15) is 0 Å². The quantitative estimate of drug-likeness (QED) is 0.377. The maximum absolute atomic E-state index is 11.2. The van der Waals surface area contributed by atoms with Crippen molar-refractivity contribution in [2.24, 2.45) is 0 Å². The van der Waals surface area contributed by atoms with Crippen LogP contribution >= 0.6 is 0 Å². The lowest BCUT2D eigenvalue weighted by molar-refractivity contribution is -0.537. The van der Waals surface area contributed by atoms with Gasteiger partial charge in [0.2, 0.25) is 0 Å². The van der Waals surface area contributed by atoms with Crippen molar-refractivity contribution in [3.63, 3.8) is 0 Å². The molecule has 0 aromatic carbocycles. The summed E-state index contributed by atoms with van der Waals surface area (Å²) in [6.45, 7) is 0. The van der Waals surface area contributed by atoms with E-state index in [0.29, 0.717) is 12.8 Å². The highest BCUT2D eigenvalue weighted by molar-refractivity contribution is 5.73. The molecule has 2 aliphatic rings. The lowest BCUT2D eigenvalue weighted by atomic mass is 9.87. The summed E-state index contributed by atoms with van der Waals surface area (Å²) >= 11 is 0. The number of nitro groups is 1. The summed E-state index contributed by atoms with van der Waals surface area (Å²) in [6.07, 6.45) is 5.30. The fourth-order valence-electron chi connectivity index (χ4n) is 2.71. The molecule has 15 heavy (non-hydrogen) atoms. The molecule has 5 heteroatoms. The topological polar surface area (TPSA) is 69.4 Å². The van der Waals surface area contributed by atoms with Crippen LogP contribution in [0.2, 0.25) is 0 Å². The highest BCUT2D eigenvalue weighted by Crippen LogP contribution is 2.40. The van der Waals surface area contributed by atoms with Crippen molar-refractivity contribution < 1.29 is 14.5 Å². The van der Waals surface area contributed by atoms with Gasteiger partial charge in [0.1, 0.15) is 6.42 Å². The molecule has 1 aliphatic carbocycles. The molecule has 1 saturated carbocycles. The van der Waals surface area contributed by atoms with Gasteiger partial charge in [-0.05, 0) is 25.7 Å². The Balaban J connectivity index is 2.22. The zero-order valence-electron chi connectivity index (χ0n) is 8.61.